The van der Waals surface area contributed by atoms with Gasteiger partial charge in [0.1, 0.15) is 11.6 Å². The van der Waals surface area contributed by atoms with E-state index in [2.05, 4.69) is 19.1 Å². The van der Waals surface area contributed by atoms with E-state index in [9.17, 15) is 4.79 Å². The van der Waals surface area contributed by atoms with Gasteiger partial charge in [-0.15, -0.1) is 0 Å². The van der Waals surface area contributed by atoms with Gasteiger partial charge in [0.15, 0.2) is 0 Å². The number of aryl methyl sites for hydroxylation is 1. The maximum Gasteiger partial charge on any atom is 0.259 e. The van der Waals surface area contributed by atoms with Crippen molar-refractivity contribution < 1.29 is 9.53 Å². The molecule has 0 spiro atoms. The lowest BCUT2D eigenvalue weighted by molar-refractivity contribution is 0.0988. The second kappa shape index (κ2) is 5.64. The number of hydrogen-bond donors (Lipinski definition) is 0. The Morgan fingerprint density at radius 1 is 1.12 bits per heavy atom. The number of amides is 1. The summed E-state index contributed by atoms with van der Waals surface area (Å²) >= 11 is 0. The van der Waals surface area contributed by atoms with Crippen LogP contribution in [-0.2, 0) is 6.42 Å². The van der Waals surface area contributed by atoms with Gasteiger partial charge < -0.3 is 4.74 Å². The third-order valence-corrected chi connectivity index (χ3v) is 4.47. The maximum atomic E-state index is 12.8. The average Bonchev–Trinajstić information content (AvgIpc) is 3.02. The van der Waals surface area contributed by atoms with Gasteiger partial charge in [-0.3, -0.25) is 9.69 Å². The van der Waals surface area contributed by atoms with E-state index in [4.69, 9.17) is 9.72 Å². The van der Waals surface area contributed by atoms with Gasteiger partial charge in [-0.1, -0.05) is 11.6 Å². The molecule has 2 aromatic carbocycles. The molecule has 0 radical (unpaired) electrons. The van der Waals surface area contributed by atoms with Gasteiger partial charge in [0, 0.05) is 17.5 Å². The Hall–Kier alpha value is -2.88. The fraction of sp³-hybridized carbons (Fsp3) is 0.200. The Kier molecular flexibility index (Phi) is 3.45. The fourth-order valence-electron chi connectivity index (χ4n) is 3.17. The summed E-state index contributed by atoms with van der Waals surface area (Å²) < 4.78 is 5.15. The molecule has 0 aliphatic carbocycles. The highest BCUT2D eigenvalue weighted by Gasteiger charge is 2.27. The summed E-state index contributed by atoms with van der Waals surface area (Å²) in [4.78, 5) is 19.4. The zero-order valence-corrected chi connectivity index (χ0v) is 13.7. The summed E-state index contributed by atoms with van der Waals surface area (Å²) in [5.74, 6) is 1.51. The third kappa shape index (κ3) is 2.40. The normalized spacial score (nSPS) is 13.2. The van der Waals surface area contributed by atoms with Gasteiger partial charge >= 0.3 is 0 Å². The number of pyridine rings is 1. The van der Waals surface area contributed by atoms with E-state index in [1.165, 1.54) is 5.56 Å². The second-order valence-electron chi connectivity index (χ2n) is 6.10. The zero-order chi connectivity index (χ0) is 16.7. The average molecular weight is 318 g/mol. The standard InChI is InChI=1S/C20H18N2O2/c1-13-3-8-18-16(11-13)12-15-9-10-22(19(15)21-18)20(23)14-4-6-17(24-2)7-5-14/h3-8,11-12H,9-10H2,1-2H3. The molecule has 1 aliphatic heterocycles. The van der Waals surface area contributed by atoms with E-state index in [-0.39, 0.29) is 5.91 Å². The largest absolute Gasteiger partial charge is 0.497 e. The molecule has 24 heavy (non-hydrogen) atoms. The lowest BCUT2D eigenvalue weighted by Crippen LogP contribution is -2.29. The third-order valence-electron chi connectivity index (χ3n) is 4.47. The number of fused-ring (bicyclic) bond motifs is 2. The number of ether oxygens (including phenoxy) is 1. The number of carbonyl (C=O) groups excluding carboxylic acids is 1. The molecule has 4 rings (SSSR count). The molecule has 1 aromatic heterocycles. The highest BCUT2D eigenvalue weighted by molar-refractivity contribution is 6.07. The van der Waals surface area contributed by atoms with Crippen LogP contribution in [0.25, 0.3) is 10.9 Å². The Morgan fingerprint density at radius 2 is 1.92 bits per heavy atom. The van der Waals surface area contributed by atoms with Crippen molar-refractivity contribution in [3.8, 4) is 5.75 Å². The van der Waals surface area contributed by atoms with Crippen LogP contribution in [0.1, 0.15) is 21.5 Å². The number of rotatable bonds is 2. The van der Waals surface area contributed by atoms with Crippen LogP contribution >= 0.6 is 0 Å². The number of aromatic nitrogens is 1. The van der Waals surface area contributed by atoms with Gasteiger partial charge in [-0.2, -0.15) is 0 Å². The molecule has 2 heterocycles. The van der Waals surface area contributed by atoms with E-state index in [1.54, 1.807) is 36.3 Å². The minimum absolute atomic E-state index is 0.0182. The van der Waals surface area contributed by atoms with Crippen LogP contribution in [0.3, 0.4) is 0 Å². The summed E-state index contributed by atoms with van der Waals surface area (Å²) in [5, 5.41) is 1.13. The molecule has 120 valence electrons. The molecule has 4 nitrogen and oxygen atoms in total. The zero-order valence-electron chi connectivity index (χ0n) is 13.7. The Balaban J connectivity index is 1.72. The fourth-order valence-corrected chi connectivity index (χ4v) is 3.17. The number of carbonyl (C=O) groups is 1. The summed E-state index contributed by atoms with van der Waals surface area (Å²) in [7, 11) is 1.62. The minimum Gasteiger partial charge on any atom is -0.497 e. The number of anilines is 1. The van der Waals surface area contributed by atoms with Crippen molar-refractivity contribution in [2.45, 2.75) is 13.3 Å². The molecule has 0 unspecified atom stereocenters. The van der Waals surface area contributed by atoms with Crippen molar-refractivity contribution >= 4 is 22.6 Å². The van der Waals surface area contributed by atoms with Crippen LogP contribution in [0, 0.1) is 6.92 Å². The van der Waals surface area contributed by atoms with Crippen LogP contribution in [0.2, 0.25) is 0 Å². The topological polar surface area (TPSA) is 42.4 Å². The van der Waals surface area contributed by atoms with Crippen LogP contribution < -0.4 is 9.64 Å². The van der Waals surface area contributed by atoms with Crippen LogP contribution in [0.5, 0.6) is 5.75 Å². The number of methoxy groups -OCH3 is 1. The molecule has 1 amide bonds. The van der Waals surface area contributed by atoms with Crippen LogP contribution in [0.4, 0.5) is 5.82 Å². The molecule has 3 aromatic rings. The number of benzene rings is 2. The first-order chi connectivity index (χ1) is 11.7. The Labute approximate surface area is 140 Å². The second-order valence-corrected chi connectivity index (χ2v) is 6.10. The molecule has 0 saturated heterocycles. The SMILES string of the molecule is COc1ccc(C(=O)N2CCc3cc4cc(C)ccc4nc32)cc1. The maximum absolute atomic E-state index is 12.8. The van der Waals surface area contributed by atoms with E-state index >= 15 is 0 Å². The lowest BCUT2D eigenvalue weighted by atomic mass is 10.1. The predicted molar refractivity (Wildman–Crippen MR) is 94.9 cm³/mol. The minimum atomic E-state index is -0.0182. The number of hydrogen-bond acceptors (Lipinski definition) is 3. The van der Waals surface area contributed by atoms with E-state index in [0.29, 0.717) is 12.1 Å². The summed E-state index contributed by atoms with van der Waals surface area (Å²) in [5.41, 5.74) is 3.92. The van der Waals surface area contributed by atoms with Crippen molar-refractivity contribution in [2.24, 2.45) is 0 Å². The van der Waals surface area contributed by atoms with Gasteiger partial charge in [0.05, 0.1) is 12.6 Å². The highest BCUT2D eigenvalue weighted by atomic mass is 16.5. The summed E-state index contributed by atoms with van der Waals surface area (Å²) in [6.45, 7) is 2.74. The predicted octanol–water partition coefficient (Wildman–Crippen LogP) is 3.75. The molecule has 1 aliphatic rings. The molecule has 4 heteroatoms. The van der Waals surface area contributed by atoms with Crippen molar-refractivity contribution in [3.05, 3.63) is 65.2 Å². The smallest absolute Gasteiger partial charge is 0.259 e. The van der Waals surface area contributed by atoms with Crippen LogP contribution in [0.15, 0.2) is 48.5 Å². The van der Waals surface area contributed by atoms with Crippen molar-refractivity contribution in [3.63, 3.8) is 0 Å². The molecule has 0 atom stereocenters. The van der Waals surface area contributed by atoms with Crippen LogP contribution in [-0.4, -0.2) is 24.5 Å². The van der Waals surface area contributed by atoms with Gasteiger partial charge in [-0.25, -0.2) is 4.98 Å². The summed E-state index contributed by atoms with van der Waals surface area (Å²) in [6.07, 6.45) is 0.841. The molecule has 0 bridgehead atoms. The first-order valence-electron chi connectivity index (χ1n) is 8.02. The molecule has 0 saturated carbocycles. The quantitative estimate of drug-likeness (QED) is 0.722. The molecule has 0 N–H and O–H groups in total. The van der Waals surface area contributed by atoms with Crippen molar-refractivity contribution in [1.82, 2.24) is 4.98 Å². The number of nitrogens with zero attached hydrogens (tertiary/aromatic N) is 2. The lowest BCUT2D eigenvalue weighted by Gasteiger charge is -2.17. The van der Waals surface area contributed by atoms with Gasteiger partial charge in [-0.05, 0) is 61.4 Å². The van der Waals surface area contributed by atoms with Gasteiger partial charge in [0.25, 0.3) is 5.91 Å². The Morgan fingerprint density at radius 3 is 2.67 bits per heavy atom. The van der Waals surface area contributed by atoms with Gasteiger partial charge in [0.2, 0.25) is 0 Å². The van der Waals surface area contributed by atoms with E-state index in [0.717, 1.165) is 34.5 Å². The Bertz CT molecular complexity index is 932. The first-order valence-corrected chi connectivity index (χ1v) is 8.02. The van der Waals surface area contributed by atoms with Crippen molar-refractivity contribution in [1.29, 1.82) is 0 Å². The molecular formula is C20H18N2O2. The van der Waals surface area contributed by atoms with Crippen molar-refractivity contribution in [2.75, 3.05) is 18.6 Å². The van der Waals surface area contributed by atoms with E-state index < -0.39 is 0 Å². The molecule has 0 fully saturated rings. The first kappa shape index (κ1) is 14.7. The monoisotopic (exact) mass is 318 g/mol. The molecular weight excluding hydrogens is 300 g/mol. The van der Waals surface area contributed by atoms with E-state index in [1.807, 2.05) is 12.1 Å². The highest BCUT2D eigenvalue weighted by Crippen LogP contribution is 2.31. The summed E-state index contributed by atoms with van der Waals surface area (Å²) in [6, 6.07) is 15.6.